The van der Waals surface area contributed by atoms with E-state index in [4.69, 9.17) is 0 Å². The predicted octanol–water partition coefficient (Wildman–Crippen LogP) is 2.55. The monoisotopic (exact) mass is 293 g/mol. The number of nitrogens with one attached hydrogen (secondary N) is 1. The van der Waals surface area contributed by atoms with Gasteiger partial charge in [0.25, 0.3) is 0 Å². The molecule has 2 N–H and O–H groups in total. The molecule has 1 unspecified atom stereocenters. The van der Waals surface area contributed by atoms with Crippen molar-refractivity contribution < 1.29 is 9.90 Å². The number of thioether (sulfide) groups is 1. The van der Waals surface area contributed by atoms with E-state index in [0.29, 0.717) is 5.75 Å². The Labute approximate surface area is 125 Å². The molecule has 0 radical (unpaired) electrons. The Morgan fingerprint density at radius 2 is 1.95 bits per heavy atom. The zero-order valence-electron chi connectivity index (χ0n) is 12.6. The maximum Gasteiger partial charge on any atom is 0.244 e. The number of amides is 1. The van der Waals surface area contributed by atoms with Crippen LogP contribution in [0.1, 0.15) is 23.6 Å². The standard InChI is InChI=1S/C16H23NO2S/c1-12-7-13(2)9-14(8-12)5-6-15(18)17-10-16(3,19)11-20-4/h5-9,19H,10-11H2,1-4H3,(H,17,18)/b6-5+. The lowest BCUT2D eigenvalue weighted by Crippen LogP contribution is -2.41. The van der Waals surface area contributed by atoms with E-state index in [1.54, 1.807) is 24.8 Å². The average molecular weight is 293 g/mol. The quantitative estimate of drug-likeness (QED) is 0.793. The highest BCUT2D eigenvalue weighted by Crippen LogP contribution is 2.11. The van der Waals surface area contributed by atoms with Crippen molar-refractivity contribution in [3.63, 3.8) is 0 Å². The van der Waals surface area contributed by atoms with Gasteiger partial charge in [-0.3, -0.25) is 4.79 Å². The molecule has 0 aromatic heterocycles. The Bertz CT molecular complexity index is 475. The third-order valence-corrected chi connectivity index (χ3v) is 3.68. The summed E-state index contributed by atoms with van der Waals surface area (Å²) in [4.78, 5) is 11.7. The molecular formula is C16H23NO2S. The number of hydrogen-bond acceptors (Lipinski definition) is 3. The van der Waals surface area contributed by atoms with Gasteiger partial charge in [0.1, 0.15) is 0 Å². The van der Waals surface area contributed by atoms with E-state index in [2.05, 4.69) is 11.4 Å². The Morgan fingerprint density at radius 1 is 1.35 bits per heavy atom. The number of benzene rings is 1. The third kappa shape index (κ3) is 6.26. The first-order valence-electron chi connectivity index (χ1n) is 6.58. The van der Waals surface area contributed by atoms with Crippen LogP contribution < -0.4 is 5.32 Å². The lowest BCUT2D eigenvalue weighted by Gasteiger charge is -2.21. The first-order valence-corrected chi connectivity index (χ1v) is 7.97. The zero-order valence-corrected chi connectivity index (χ0v) is 13.4. The lowest BCUT2D eigenvalue weighted by atomic mass is 10.1. The molecule has 0 spiro atoms. The van der Waals surface area contributed by atoms with E-state index in [9.17, 15) is 9.90 Å². The summed E-state index contributed by atoms with van der Waals surface area (Å²) < 4.78 is 0. The smallest absolute Gasteiger partial charge is 0.244 e. The second kappa shape index (κ2) is 7.50. The van der Waals surface area contributed by atoms with E-state index in [1.807, 2.05) is 32.2 Å². The molecular weight excluding hydrogens is 270 g/mol. The SMILES string of the molecule is CSCC(C)(O)CNC(=O)/C=C/c1cc(C)cc(C)c1. The second-order valence-corrected chi connectivity index (χ2v) is 6.27. The van der Waals surface area contributed by atoms with Gasteiger partial charge in [0.05, 0.1) is 5.60 Å². The highest BCUT2D eigenvalue weighted by Gasteiger charge is 2.19. The Hall–Kier alpha value is -1.26. The molecule has 0 saturated carbocycles. The van der Waals surface area contributed by atoms with Crippen LogP contribution in [0.25, 0.3) is 6.08 Å². The van der Waals surface area contributed by atoms with E-state index in [1.165, 1.54) is 17.2 Å². The van der Waals surface area contributed by atoms with Gasteiger partial charge in [-0.1, -0.05) is 29.3 Å². The Morgan fingerprint density at radius 3 is 2.50 bits per heavy atom. The fourth-order valence-corrected chi connectivity index (χ4v) is 2.70. The molecule has 0 aliphatic rings. The zero-order chi connectivity index (χ0) is 15.2. The topological polar surface area (TPSA) is 49.3 Å². The number of aryl methyl sites for hydroxylation is 2. The summed E-state index contributed by atoms with van der Waals surface area (Å²) in [6.07, 6.45) is 5.22. The minimum Gasteiger partial charge on any atom is -0.387 e. The molecule has 1 atom stereocenters. The molecule has 0 saturated heterocycles. The van der Waals surface area contributed by atoms with Gasteiger partial charge >= 0.3 is 0 Å². The summed E-state index contributed by atoms with van der Waals surface area (Å²) in [5.74, 6) is 0.402. The van der Waals surface area contributed by atoms with Gasteiger partial charge in [0, 0.05) is 18.4 Å². The minimum absolute atomic E-state index is 0.189. The molecule has 0 aliphatic heterocycles. The van der Waals surface area contributed by atoms with Crippen molar-refractivity contribution in [1.29, 1.82) is 0 Å². The van der Waals surface area contributed by atoms with Gasteiger partial charge < -0.3 is 10.4 Å². The first kappa shape index (κ1) is 16.8. The molecule has 1 rings (SSSR count). The second-order valence-electron chi connectivity index (χ2n) is 5.40. The largest absolute Gasteiger partial charge is 0.387 e. The number of carbonyl (C=O) groups is 1. The van der Waals surface area contributed by atoms with Crippen molar-refractivity contribution in [1.82, 2.24) is 5.32 Å². The summed E-state index contributed by atoms with van der Waals surface area (Å²) >= 11 is 1.55. The van der Waals surface area contributed by atoms with E-state index in [-0.39, 0.29) is 12.5 Å². The van der Waals surface area contributed by atoms with E-state index in [0.717, 1.165) is 5.56 Å². The third-order valence-electron chi connectivity index (χ3n) is 2.77. The predicted molar refractivity (Wildman–Crippen MR) is 87.0 cm³/mol. The number of rotatable bonds is 6. The fraction of sp³-hybridized carbons (Fsp3) is 0.438. The van der Waals surface area contributed by atoms with Crippen molar-refractivity contribution in [2.24, 2.45) is 0 Å². The molecule has 1 aromatic carbocycles. The van der Waals surface area contributed by atoms with Crippen molar-refractivity contribution in [3.8, 4) is 0 Å². The van der Waals surface area contributed by atoms with Gasteiger partial charge in [-0.15, -0.1) is 0 Å². The normalized spacial score (nSPS) is 14.2. The van der Waals surface area contributed by atoms with Crippen LogP contribution in [-0.4, -0.2) is 35.2 Å². The molecule has 110 valence electrons. The summed E-state index contributed by atoms with van der Waals surface area (Å²) in [7, 11) is 0. The summed E-state index contributed by atoms with van der Waals surface area (Å²) in [5, 5.41) is 12.7. The van der Waals surface area contributed by atoms with Crippen molar-refractivity contribution in [2.45, 2.75) is 26.4 Å². The van der Waals surface area contributed by atoms with E-state index < -0.39 is 5.60 Å². The Kier molecular flexibility index (Phi) is 6.30. The lowest BCUT2D eigenvalue weighted by molar-refractivity contribution is -0.117. The molecule has 4 heteroatoms. The number of aliphatic hydroxyl groups is 1. The minimum atomic E-state index is -0.872. The van der Waals surface area contributed by atoms with E-state index >= 15 is 0 Å². The van der Waals surface area contributed by atoms with Crippen LogP contribution in [0, 0.1) is 13.8 Å². The highest BCUT2D eigenvalue weighted by molar-refractivity contribution is 7.98. The highest BCUT2D eigenvalue weighted by atomic mass is 32.2. The van der Waals surface area contributed by atoms with Crippen molar-refractivity contribution in [3.05, 3.63) is 41.0 Å². The average Bonchev–Trinajstić information content (AvgIpc) is 2.33. The van der Waals surface area contributed by atoms with Crippen LogP contribution >= 0.6 is 11.8 Å². The molecule has 20 heavy (non-hydrogen) atoms. The number of hydrogen-bond donors (Lipinski definition) is 2. The summed E-state index contributed by atoms with van der Waals surface area (Å²) in [6, 6.07) is 6.15. The molecule has 0 bridgehead atoms. The van der Waals surface area contributed by atoms with Crippen LogP contribution in [0.15, 0.2) is 24.3 Å². The van der Waals surface area contributed by atoms with Crippen LogP contribution in [0.5, 0.6) is 0 Å². The van der Waals surface area contributed by atoms with Gasteiger partial charge in [-0.05, 0) is 38.7 Å². The molecule has 0 heterocycles. The molecule has 1 amide bonds. The van der Waals surface area contributed by atoms with Crippen molar-refractivity contribution in [2.75, 3.05) is 18.6 Å². The Balaban J connectivity index is 2.55. The van der Waals surface area contributed by atoms with Crippen LogP contribution in [0.4, 0.5) is 0 Å². The van der Waals surface area contributed by atoms with Gasteiger partial charge in [0.15, 0.2) is 0 Å². The van der Waals surface area contributed by atoms with Crippen molar-refractivity contribution >= 4 is 23.7 Å². The number of carbonyl (C=O) groups excluding carboxylic acids is 1. The maximum absolute atomic E-state index is 11.7. The van der Waals surface area contributed by atoms with Crippen LogP contribution in [0.3, 0.4) is 0 Å². The van der Waals surface area contributed by atoms with Crippen LogP contribution in [0.2, 0.25) is 0 Å². The molecule has 3 nitrogen and oxygen atoms in total. The first-order chi connectivity index (χ1) is 9.32. The summed E-state index contributed by atoms with van der Waals surface area (Å²) in [5.41, 5.74) is 2.48. The fourth-order valence-electron chi connectivity index (χ4n) is 1.98. The molecule has 0 fully saturated rings. The van der Waals surface area contributed by atoms with Gasteiger partial charge in [-0.2, -0.15) is 11.8 Å². The maximum atomic E-state index is 11.7. The summed E-state index contributed by atoms with van der Waals surface area (Å²) in [6.45, 7) is 6.04. The molecule has 1 aromatic rings. The van der Waals surface area contributed by atoms with Crippen LogP contribution in [-0.2, 0) is 4.79 Å². The van der Waals surface area contributed by atoms with Gasteiger partial charge in [-0.25, -0.2) is 0 Å². The molecule has 0 aliphatic carbocycles. The van der Waals surface area contributed by atoms with Gasteiger partial charge in [0.2, 0.25) is 5.91 Å².